The van der Waals surface area contributed by atoms with E-state index in [1.807, 2.05) is 6.92 Å². The molecular formula is C8H12N4O2S. The van der Waals surface area contributed by atoms with Crippen molar-refractivity contribution >= 4 is 17.7 Å². The molecule has 1 aliphatic carbocycles. The normalized spacial score (nSPS) is 17.7. The fraction of sp³-hybridized carbons (Fsp3) is 0.750. The van der Waals surface area contributed by atoms with Gasteiger partial charge in [0.1, 0.15) is 0 Å². The molecule has 6 nitrogen and oxygen atoms in total. The Kier molecular flexibility index (Phi) is 2.90. The van der Waals surface area contributed by atoms with E-state index in [-0.39, 0.29) is 11.7 Å². The highest BCUT2D eigenvalue weighted by Gasteiger charge is 2.28. The van der Waals surface area contributed by atoms with Crippen molar-refractivity contribution in [3.05, 3.63) is 0 Å². The van der Waals surface area contributed by atoms with E-state index < -0.39 is 5.97 Å². The van der Waals surface area contributed by atoms with Crippen molar-refractivity contribution in [3.63, 3.8) is 0 Å². The number of carbonyl (C=O) groups is 1. The summed E-state index contributed by atoms with van der Waals surface area (Å²) in [5, 5.41) is 20.8. The zero-order valence-corrected chi connectivity index (χ0v) is 9.15. The average molecular weight is 228 g/mol. The number of rotatable bonds is 5. The van der Waals surface area contributed by atoms with Crippen LogP contribution in [0, 0.1) is 0 Å². The lowest BCUT2D eigenvalue weighted by atomic mass is 10.3. The molecule has 0 bridgehead atoms. The second kappa shape index (κ2) is 4.18. The van der Waals surface area contributed by atoms with E-state index in [0.717, 1.165) is 18.0 Å². The summed E-state index contributed by atoms with van der Waals surface area (Å²) in [7, 11) is 0. The predicted molar refractivity (Wildman–Crippen MR) is 53.7 cm³/mol. The molecule has 1 unspecified atom stereocenters. The first kappa shape index (κ1) is 10.4. The number of thioether (sulfide) groups is 1. The van der Waals surface area contributed by atoms with Gasteiger partial charge in [-0.1, -0.05) is 18.7 Å². The van der Waals surface area contributed by atoms with Crippen molar-refractivity contribution in [2.45, 2.75) is 42.6 Å². The summed E-state index contributed by atoms with van der Waals surface area (Å²) in [6, 6.07) is 0.430. The summed E-state index contributed by atoms with van der Waals surface area (Å²) >= 11 is 1.42. The molecule has 15 heavy (non-hydrogen) atoms. The van der Waals surface area contributed by atoms with Gasteiger partial charge in [0.2, 0.25) is 5.16 Å². The standard InChI is InChI=1S/C8H12N4O2S/c1-5(4-7(13)14)15-8-9-10-11-12(8)6-2-3-6/h5-6H,2-4H2,1H3,(H,13,14). The monoisotopic (exact) mass is 228 g/mol. The molecule has 1 heterocycles. The molecule has 1 aromatic heterocycles. The summed E-state index contributed by atoms with van der Waals surface area (Å²) in [6.07, 6.45) is 2.36. The molecule has 1 atom stereocenters. The second-order valence-electron chi connectivity index (χ2n) is 3.66. The maximum Gasteiger partial charge on any atom is 0.304 e. The van der Waals surface area contributed by atoms with Gasteiger partial charge >= 0.3 is 5.97 Å². The molecule has 0 spiro atoms. The Bertz CT molecular complexity index is 363. The summed E-state index contributed by atoms with van der Waals surface area (Å²) in [4.78, 5) is 10.5. The van der Waals surface area contributed by atoms with Gasteiger partial charge in [-0.2, -0.15) is 0 Å². The molecule has 0 radical (unpaired) electrons. The molecule has 1 fully saturated rings. The van der Waals surface area contributed by atoms with Crippen LogP contribution in [0.15, 0.2) is 5.16 Å². The minimum absolute atomic E-state index is 0.00833. The maximum absolute atomic E-state index is 10.5. The number of aliphatic carboxylic acids is 1. The van der Waals surface area contributed by atoms with E-state index >= 15 is 0 Å². The number of carboxylic acid groups (broad SMARTS) is 1. The highest BCUT2D eigenvalue weighted by molar-refractivity contribution is 7.99. The fourth-order valence-electron chi connectivity index (χ4n) is 1.28. The van der Waals surface area contributed by atoms with Crippen LogP contribution in [0.5, 0.6) is 0 Å². The molecule has 0 amide bonds. The lowest BCUT2D eigenvalue weighted by Crippen LogP contribution is -2.08. The quantitative estimate of drug-likeness (QED) is 0.756. The average Bonchev–Trinajstić information content (AvgIpc) is 2.87. The summed E-state index contributed by atoms with van der Waals surface area (Å²) in [6.45, 7) is 1.87. The third kappa shape index (κ3) is 2.68. The fourth-order valence-corrected chi connectivity index (χ4v) is 2.24. The predicted octanol–water partition coefficient (Wildman–Crippen LogP) is 0.963. The maximum atomic E-state index is 10.5. The highest BCUT2D eigenvalue weighted by atomic mass is 32.2. The Morgan fingerprint density at radius 3 is 3.07 bits per heavy atom. The van der Waals surface area contributed by atoms with Crippen LogP contribution in [0.1, 0.15) is 32.2 Å². The molecular weight excluding hydrogens is 216 g/mol. The Hall–Kier alpha value is -1.11. The molecule has 1 saturated carbocycles. The Morgan fingerprint density at radius 1 is 1.73 bits per heavy atom. The van der Waals surface area contributed by atoms with Gasteiger partial charge < -0.3 is 5.11 Å². The van der Waals surface area contributed by atoms with E-state index in [1.54, 1.807) is 4.68 Å². The van der Waals surface area contributed by atoms with Crippen LogP contribution in [0.2, 0.25) is 0 Å². The SMILES string of the molecule is CC(CC(=O)O)Sc1nnnn1C1CC1. The number of nitrogens with zero attached hydrogens (tertiary/aromatic N) is 4. The third-order valence-corrected chi connectivity index (χ3v) is 3.17. The number of hydrogen-bond acceptors (Lipinski definition) is 5. The number of carboxylic acids is 1. The van der Waals surface area contributed by atoms with Crippen LogP contribution < -0.4 is 0 Å². The Balaban J connectivity index is 1.97. The molecule has 82 valence electrons. The van der Waals surface area contributed by atoms with Gasteiger partial charge in [-0.3, -0.25) is 4.79 Å². The Labute approximate surface area is 91.0 Å². The van der Waals surface area contributed by atoms with Crippen LogP contribution in [-0.2, 0) is 4.79 Å². The van der Waals surface area contributed by atoms with E-state index in [4.69, 9.17) is 5.11 Å². The van der Waals surface area contributed by atoms with E-state index in [0.29, 0.717) is 6.04 Å². The minimum atomic E-state index is -0.791. The zero-order valence-electron chi connectivity index (χ0n) is 8.33. The first-order valence-corrected chi connectivity index (χ1v) is 5.71. The molecule has 2 rings (SSSR count). The van der Waals surface area contributed by atoms with Crippen molar-refractivity contribution < 1.29 is 9.90 Å². The molecule has 0 saturated heterocycles. The van der Waals surface area contributed by atoms with Crippen LogP contribution in [0.4, 0.5) is 0 Å². The molecule has 0 aromatic carbocycles. The third-order valence-electron chi connectivity index (χ3n) is 2.12. The second-order valence-corrected chi connectivity index (χ2v) is 5.07. The van der Waals surface area contributed by atoms with Gasteiger partial charge in [-0.25, -0.2) is 4.68 Å². The van der Waals surface area contributed by atoms with Crippen molar-refractivity contribution in [2.24, 2.45) is 0 Å². The topological polar surface area (TPSA) is 80.9 Å². The van der Waals surface area contributed by atoms with E-state index in [1.165, 1.54) is 11.8 Å². The molecule has 0 aliphatic heterocycles. The van der Waals surface area contributed by atoms with Crippen molar-refractivity contribution in [2.75, 3.05) is 0 Å². The van der Waals surface area contributed by atoms with Gasteiger partial charge in [0.15, 0.2) is 0 Å². The van der Waals surface area contributed by atoms with Crippen LogP contribution in [-0.4, -0.2) is 36.5 Å². The molecule has 1 aromatic rings. The number of hydrogen-bond donors (Lipinski definition) is 1. The van der Waals surface area contributed by atoms with Gasteiger partial charge in [0.25, 0.3) is 0 Å². The lowest BCUT2D eigenvalue weighted by Gasteiger charge is -2.07. The summed E-state index contributed by atoms with van der Waals surface area (Å²) in [5.41, 5.74) is 0. The molecule has 1 N–H and O–H groups in total. The first-order chi connectivity index (χ1) is 7.16. The van der Waals surface area contributed by atoms with Gasteiger partial charge in [0.05, 0.1) is 12.5 Å². The van der Waals surface area contributed by atoms with E-state index in [9.17, 15) is 4.79 Å². The van der Waals surface area contributed by atoms with Crippen molar-refractivity contribution in [1.29, 1.82) is 0 Å². The first-order valence-electron chi connectivity index (χ1n) is 4.83. The van der Waals surface area contributed by atoms with Gasteiger partial charge in [-0.05, 0) is 23.3 Å². The largest absolute Gasteiger partial charge is 0.481 e. The van der Waals surface area contributed by atoms with Crippen molar-refractivity contribution in [1.82, 2.24) is 20.2 Å². The highest BCUT2D eigenvalue weighted by Crippen LogP contribution is 2.37. The number of aromatic nitrogens is 4. The summed E-state index contributed by atoms with van der Waals surface area (Å²) in [5.74, 6) is -0.791. The van der Waals surface area contributed by atoms with Crippen LogP contribution in [0.3, 0.4) is 0 Å². The summed E-state index contributed by atoms with van der Waals surface area (Å²) < 4.78 is 1.79. The lowest BCUT2D eigenvalue weighted by molar-refractivity contribution is -0.136. The van der Waals surface area contributed by atoms with Crippen LogP contribution >= 0.6 is 11.8 Å². The Morgan fingerprint density at radius 2 is 2.47 bits per heavy atom. The molecule has 7 heteroatoms. The van der Waals surface area contributed by atoms with Crippen LogP contribution in [0.25, 0.3) is 0 Å². The van der Waals surface area contributed by atoms with Crippen molar-refractivity contribution in [3.8, 4) is 0 Å². The van der Waals surface area contributed by atoms with Gasteiger partial charge in [0, 0.05) is 5.25 Å². The minimum Gasteiger partial charge on any atom is -0.481 e. The van der Waals surface area contributed by atoms with E-state index in [2.05, 4.69) is 15.5 Å². The number of tetrazole rings is 1. The smallest absolute Gasteiger partial charge is 0.304 e. The zero-order chi connectivity index (χ0) is 10.8. The van der Waals surface area contributed by atoms with Gasteiger partial charge in [-0.15, -0.1) is 5.10 Å². The molecule has 1 aliphatic rings.